The Morgan fingerprint density at radius 2 is 1.83 bits per heavy atom. The first-order chi connectivity index (χ1) is 17.3. The Bertz CT molecular complexity index is 1280. The molecule has 2 aromatic carbocycles. The van der Waals surface area contributed by atoms with E-state index in [-0.39, 0.29) is 0 Å². The van der Waals surface area contributed by atoms with E-state index in [1.54, 1.807) is 5.71 Å². The van der Waals surface area contributed by atoms with Crippen molar-refractivity contribution in [3.63, 3.8) is 0 Å². The van der Waals surface area contributed by atoms with Crippen molar-refractivity contribution in [2.75, 3.05) is 38.0 Å². The first-order valence-corrected chi connectivity index (χ1v) is 13.4. The third-order valence-corrected chi connectivity index (χ3v) is 8.86. The molecule has 3 aliphatic carbocycles. The molecule has 5 nitrogen and oxygen atoms in total. The molecule has 35 heavy (non-hydrogen) atoms. The summed E-state index contributed by atoms with van der Waals surface area (Å²) < 4.78 is 8.44. The van der Waals surface area contributed by atoms with Gasteiger partial charge >= 0.3 is 0 Å². The number of ether oxygens (including phenoxy) is 1. The van der Waals surface area contributed by atoms with Gasteiger partial charge in [0.1, 0.15) is 13.2 Å². The Kier molecular flexibility index (Phi) is 5.36. The van der Waals surface area contributed by atoms with E-state index in [0.717, 1.165) is 38.2 Å². The lowest BCUT2D eigenvalue weighted by atomic mass is 9.54. The molecule has 1 aromatic heterocycles. The lowest BCUT2D eigenvalue weighted by Crippen LogP contribution is -2.61. The van der Waals surface area contributed by atoms with Crippen LogP contribution in [0, 0.1) is 17.8 Å². The highest BCUT2D eigenvalue weighted by Crippen LogP contribution is 2.55. The molecule has 0 spiro atoms. The molecular formula is C30H34N3O2+. The first-order valence-electron chi connectivity index (χ1n) is 13.4. The van der Waals surface area contributed by atoms with Gasteiger partial charge in [0, 0.05) is 11.3 Å². The molecule has 5 heteroatoms. The molecule has 0 radical (unpaired) electrons. The van der Waals surface area contributed by atoms with Crippen LogP contribution in [0.5, 0.6) is 0 Å². The topological polar surface area (TPSA) is 37.6 Å². The quantitative estimate of drug-likeness (QED) is 0.516. The summed E-state index contributed by atoms with van der Waals surface area (Å²) in [5, 5.41) is 3.51. The summed E-state index contributed by atoms with van der Waals surface area (Å²) in [6.07, 6.45) is 3.53. The van der Waals surface area contributed by atoms with Crippen LogP contribution in [0.4, 0.5) is 5.69 Å². The van der Waals surface area contributed by atoms with Crippen molar-refractivity contribution in [1.29, 1.82) is 0 Å². The van der Waals surface area contributed by atoms with E-state index < -0.39 is 0 Å². The molecule has 4 fully saturated rings. The number of hydrogen-bond donors (Lipinski definition) is 0. The summed E-state index contributed by atoms with van der Waals surface area (Å²) in [4.78, 5) is 11.7. The van der Waals surface area contributed by atoms with Gasteiger partial charge in [-0.25, -0.2) is 4.58 Å². The van der Waals surface area contributed by atoms with Gasteiger partial charge in [-0.15, -0.1) is 0 Å². The zero-order valence-corrected chi connectivity index (χ0v) is 20.5. The number of hydrogen-bond acceptors (Lipinski definition) is 4. The molecule has 5 atom stereocenters. The number of para-hydroxylation sites is 2. The van der Waals surface area contributed by atoms with Gasteiger partial charge < -0.3 is 4.74 Å². The number of anilines is 1. The molecule has 0 N–H and O–H groups in total. The first kappa shape index (κ1) is 21.5. The second-order valence-electron chi connectivity index (χ2n) is 10.6. The van der Waals surface area contributed by atoms with Crippen LogP contribution >= 0.6 is 0 Å². The molecular weight excluding hydrogens is 434 g/mol. The molecule has 4 heterocycles. The summed E-state index contributed by atoms with van der Waals surface area (Å²) in [6.45, 7) is 6.42. The maximum absolute atomic E-state index is 6.43. The highest BCUT2D eigenvalue weighted by atomic mass is 16.7. The maximum atomic E-state index is 6.43. The molecule has 3 aliphatic heterocycles. The monoisotopic (exact) mass is 468 g/mol. The molecule has 3 saturated carbocycles. The standard InChI is InChI=1S/C30H34N3O2/c1-2-35-33-27-10-6-4-8-21(27)17-22-18-24-28(33)19-23(22)30(32-13-15-34-16-14-32)29(24)26-12-11-20-7-3-5-9-25(20)31-26/h3-12,22-24,28-29H,2,13-19H2,1H3/q+1. The van der Waals surface area contributed by atoms with Crippen molar-refractivity contribution in [1.82, 2.24) is 4.98 Å². The molecule has 1 saturated heterocycles. The van der Waals surface area contributed by atoms with E-state index in [2.05, 4.69) is 77.2 Å². The summed E-state index contributed by atoms with van der Waals surface area (Å²) >= 11 is 0. The van der Waals surface area contributed by atoms with Gasteiger partial charge in [-0.3, -0.25) is 14.9 Å². The number of fused-ring (bicyclic) bond motifs is 2. The van der Waals surface area contributed by atoms with Crippen molar-refractivity contribution in [2.45, 2.75) is 38.1 Å². The number of nitrogens with zero attached hydrogens (tertiary/aromatic N) is 3. The highest BCUT2D eigenvalue weighted by molar-refractivity contribution is 5.92. The number of benzene rings is 2. The number of rotatable bonds is 3. The number of morpholine rings is 1. The SMILES string of the molecule is CCON1c2ccccc2CC2CC3C(c4ccc5ccccc5n4)C(=[N+]4CCOCC4)C2CC31. The Morgan fingerprint density at radius 1 is 1.00 bits per heavy atom. The van der Waals surface area contributed by atoms with Gasteiger partial charge in [0.25, 0.3) is 0 Å². The fourth-order valence-corrected chi connectivity index (χ4v) is 7.51. The lowest BCUT2D eigenvalue weighted by Gasteiger charge is -2.55. The molecule has 6 aliphatic rings. The number of hydroxylamine groups is 1. The number of pyridine rings is 1. The average Bonchev–Trinajstić information content (AvgIpc) is 2.91. The van der Waals surface area contributed by atoms with Crippen LogP contribution in [0.3, 0.4) is 0 Å². The minimum Gasteiger partial charge on any atom is -0.368 e. The summed E-state index contributed by atoms with van der Waals surface area (Å²) in [7, 11) is 0. The third kappa shape index (κ3) is 3.51. The minimum atomic E-state index is 0.325. The van der Waals surface area contributed by atoms with Crippen LogP contribution in [0.1, 0.15) is 36.9 Å². The van der Waals surface area contributed by atoms with Crippen LogP contribution in [0.25, 0.3) is 10.9 Å². The summed E-state index contributed by atoms with van der Waals surface area (Å²) in [5.74, 6) is 2.04. The van der Waals surface area contributed by atoms with Crippen LogP contribution in [0.15, 0.2) is 60.7 Å². The Hall–Kier alpha value is -2.76. The molecule has 180 valence electrons. The van der Waals surface area contributed by atoms with Crippen LogP contribution in [0.2, 0.25) is 0 Å². The smallest absolute Gasteiger partial charge is 0.166 e. The van der Waals surface area contributed by atoms with E-state index in [9.17, 15) is 0 Å². The van der Waals surface area contributed by atoms with Crippen LogP contribution in [-0.4, -0.2) is 54.2 Å². The maximum Gasteiger partial charge on any atom is 0.166 e. The van der Waals surface area contributed by atoms with E-state index in [0.29, 0.717) is 36.3 Å². The van der Waals surface area contributed by atoms with Gasteiger partial charge in [0.05, 0.1) is 35.5 Å². The highest BCUT2D eigenvalue weighted by Gasteiger charge is 2.58. The second kappa shape index (κ2) is 8.72. The summed E-state index contributed by atoms with van der Waals surface area (Å²) in [5.41, 5.74) is 6.66. The van der Waals surface area contributed by atoms with Crippen LogP contribution in [-0.2, 0) is 16.0 Å². The fourth-order valence-electron chi connectivity index (χ4n) is 7.51. The fraction of sp³-hybridized carbons (Fsp3) is 0.467. The van der Waals surface area contributed by atoms with E-state index in [4.69, 9.17) is 14.6 Å². The van der Waals surface area contributed by atoms with Crippen molar-refractivity contribution in [3.8, 4) is 0 Å². The molecule has 3 aromatic rings. The predicted molar refractivity (Wildman–Crippen MR) is 138 cm³/mol. The predicted octanol–water partition coefficient (Wildman–Crippen LogP) is 4.84. The number of aromatic nitrogens is 1. The van der Waals surface area contributed by atoms with E-state index >= 15 is 0 Å². The second-order valence-corrected chi connectivity index (χ2v) is 10.6. The van der Waals surface area contributed by atoms with Crippen LogP contribution < -0.4 is 5.06 Å². The summed E-state index contributed by atoms with van der Waals surface area (Å²) in [6, 6.07) is 22.4. The van der Waals surface area contributed by atoms with Gasteiger partial charge in [0.15, 0.2) is 18.8 Å². The molecule has 5 unspecified atom stereocenters. The third-order valence-electron chi connectivity index (χ3n) is 8.86. The lowest BCUT2D eigenvalue weighted by molar-refractivity contribution is -0.554. The zero-order chi connectivity index (χ0) is 23.4. The minimum absolute atomic E-state index is 0.325. The van der Waals surface area contributed by atoms with Crippen molar-refractivity contribution < 1.29 is 14.1 Å². The molecule has 0 amide bonds. The van der Waals surface area contributed by atoms with Crippen molar-refractivity contribution >= 4 is 22.3 Å². The van der Waals surface area contributed by atoms with Crippen molar-refractivity contribution in [2.24, 2.45) is 17.8 Å². The van der Waals surface area contributed by atoms with Gasteiger partial charge in [-0.1, -0.05) is 42.5 Å². The van der Waals surface area contributed by atoms with Gasteiger partial charge in [0.2, 0.25) is 0 Å². The van der Waals surface area contributed by atoms with Crippen molar-refractivity contribution in [3.05, 3.63) is 71.9 Å². The van der Waals surface area contributed by atoms with E-state index in [1.165, 1.54) is 35.2 Å². The molecule has 9 rings (SSSR count). The van der Waals surface area contributed by atoms with Gasteiger partial charge in [-0.05, 0) is 61.8 Å². The Morgan fingerprint density at radius 3 is 2.71 bits per heavy atom. The average molecular weight is 469 g/mol. The normalized spacial score (nSPS) is 29.9. The Labute approximate surface area is 207 Å². The largest absolute Gasteiger partial charge is 0.368 e. The van der Waals surface area contributed by atoms with Gasteiger partial charge in [-0.2, -0.15) is 0 Å². The zero-order valence-electron chi connectivity index (χ0n) is 20.5. The Balaban J connectivity index is 1.41. The molecule has 4 bridgehead atoms. The van der Waals surface area contributed by atoms with E-state index in [1.807, 2.05) is 0 Å².